The van der Waals surface area contributed by atoms with Gasteiger partial charge < -0.3 is 10.4 Å². The molecular weight excluding hydrogens is 275 g/mol. The molecule has 0 fully saturated rings. The maximum Gasteiger partial charge on any atom is 0.416 e. The van der Waals surface area contributed by atoms with Crippen LogP contribution in [-0.4, -0.2) is 23.5 Å². The number of benzene rings is 1. The molecule has 7 heteroatoms. The van der Waals surface area contributed by atoms with E-state index in [4.69, 9.17) is 5.11 Å². The van der Waals surface area contributed by atoms with Gasteiger partial charge in [-0.3, -0.25) is 4.79 Å². The normalized spacial score (nSPS) is 10.4. The topological polar surface area (TPSA) is 66.4 Å². The number of carboxylic acid groups (broad SMARTS) is 1. The third-order valence-electron chi connectivity index (χ3n) is 2.23. The van der Waals surface area contributed by atoms with Crippen LogP contribution in [0.2, 0.25) is 0 Å². The lowest BCUT2D eigenvalue weighted by atomic mass is 10.0. The number of aromatic carboxylic acids is 1. The Labute approximate surface area is 112 Å². The number of hydrogen-bond donors (Lipinski definition) is 2. The average molecular weight is 285 g/mol. The molecule has 0 saturated heterocycles. The molecule has 0 bridgehead atoms. The second-order valence-electron chi connectivity index (χ2n) is 3.77. The van der Waals surface area contributed by atoms with Crippen molar-refractivity contribution in [3.8, 4) is 11.8 Å². The highest BCUT2D eigenvalue weighted by molar-refractivity contribution is 5.90. The van der Waals surface area contributed by atoms with Crippen LogP contribution in [0.1, 0.15) is 28.4 Å². The molecule has 4 nitrogen and oxygen atoms in total. The van der Waals surface area contributed by atoms with E-state index in [1.54, 1.807) is 0 Å². The predicted octanol–water partition coefficient (Wildman–Crippen LogP) is 1.89. The zero-order valence-corrected chi connectivity index (χ0v) is 10.3. The fourth-order valence-electron chi connectivity index (χ4n) is 1.32. The summed E-state index contributed by atoms with van der Waals surface area (Å²) in [5.74, 6) is 2.99. The van der Waals surface area contributed by atoms with Gasteiger partial charge in [-0.25, -0.2) is 4.79 Å². The monoisotopic (exact) mass is 285 g/mol. The van der Waals surface area contributed by atoms with E-state index < -0.39 is 17.7 Å². The minimum Gasteiger partial charge on any atom is -0.478 e. The predicted molar refractivity (Wildman–Crippen MR) is 64.0 cm³/mol. The van der Waals surface area contributed by atoms with Crippen molar-refractivity contribution in [1.29, 1.82) is 0 Å². The van der Waals surface area contributed by atoms with Crippen molar-refractivity contribution < 1.29 is 27.9 Å². The largest absolute Gasteiger partial charge is 0.478 e. The van der Waals surface area contributed by atoms with Crippen molar-refractivity contribution >= 4 is 11.9 Å². The van der Waals surface area contributed by atoms with Gasteiger partial charge in [0.25, 0.3) is 0 Å². The first kappa shape index (κ1) is 15.6. The fourth-order valence-corrected chi connectivity index (χ4v) is 1.32. The molecule has 0 aromatic heterocycles. The highest BCUT2D eigenvalue weighted by Crippen LogP contribution is 2.30. The summed E-state index contributed by atoms with van der Waals surface area (Å²) < 4.78 is 37.6. The molecule has 1 aromatic rings. The third kappa shape index (κ3) is 4.31. The zero-order valence-electron chi connectivity index (χ0n) is 10.3. The quantitative estimate of drug-likeness (QED) is 0.815. The van der Waals surface area contributed by atoms with Gasteiger partial charge in [-0.15, -0.1) is 0 Å². The lowest BCUT2D eigenvalue weighted by Crippen LogP contribution is -2.19. The maximum absolute atomic E-state index is 12.5. The lowest BCUT2D eigenvalue weighted by Gasteiger charge is -2.08. The van der Waals surface area contributed by atoms with Gasteiger partial charge >= 0.3 is 12.1 Å². The van der Waals surface area contributed by atoms with Gasteiger partial charge in [0.05, 0.1) is 17.7 Å². The molecule has 20 heavy (non-hydrogen) atoms. The van der Waals surface area contributed by atoms with E-state index in [1.807, 2.05) is 0 Å². The molecule has 0 aliphatic heterocycles. The first-order valence-corrected chi connectivity index (χ1v) is 5.39. The van der Waals surface area contributed by atoms with Gasteiger partial charge in [0.15, 0.2) is 0 Å². The van der Waals surface area contributed by atoms with E-state index in [0.717, 1.165) is 6.07 Å². The standard InChI is InChI=1S/C13H10F3NO3/c1-8(18)17-6-2-3-9-7-10(13(14,15)16)4-5-11(9)12(19)20/h4-5,7H,6H2,1H3,(H,17,18)(H,19,20). The molecule has 0 aliphatic rings. The molecule has 0 spiro atoms. The summed E-state index contributed by atoms with van der Waals surface area (Å²) in [6.45, 7) is 1.18. The molecule has 0 aliphatic carbocycles. The van der Waals surface area contributed by atoms with Crippen molar-refractivity contribution in [2.45, 2.75) is 13.1 Å². The van der Waals surface area contributed by atoms with E-state index in [-0.39, 0.29) is 23.6 Å². The number of halogens is 3. The summed E-state index contributed by atoms with van der Waals surface area (Å²) in [5.41, 5.74) is -1.56. The van der Waals surface area contributed by atoms with Gasteiger partial charge in [-0.05, 0) is 18.2 Å². The second kappa shape index (κ2) is 6.10. The Bertz CT molecular complexity index is 597. The molecule has 2 N–H and O–H groups in total. The van der Waals surface area contributed by atoms with Crippen LogP contribution in [0.3, 0.4) is 0 Å². The van der Waals surface area contributed by atoms with E-state index in [1.165, 1.54) is 6.92 Å². The Balaban J connectivity index is 3.13. The summed E-state index contributed by atoms with van der Waals surface area (Å²) in [4.78, 5) is 21.5. The van der Waals surface area contributed by atoms with Crippen molar-refractivity contribution in [2.75, 3.05) is 6.54 Å². The van der Waals surface area contributed by atoms with Gasteiger partial charge in [0.1, 0.15) is 0 Å². The number of amides is 1. The molecular formula is C13H10F3NO3. The average Bonchev–Trinajstić information content (AvgIpc) is 2.32. The summed E-state index contributed by atoms with van der Waals surface area (Å²) in [6, 6.07) is 2.21. The lowest BCUT2D eigenvalue weighted by molar-refractivity contribution is -0.137. The Kier molecular flexibility index (Phi) is 4.75. The minimum atomic E-state index is -4.58. The molecule has 1 rings (SSSR count). The highest BCUT2D eigenvalue weighted by atomic mass is 19.4. The van der Waals surface area contributed by atoms with E-state index in [9.17, 15) is 22.8 Å². The molecule has 0 saturated carbocycles. The van der Waals surface area contributed by atoms with Crippen LogP contribution in [0.4, 0.5) is 13.2 Å². The van der Waals surface area contributed by atoms with Crippen LogP contribution in [0, 0.1) is 11.8 Å². The van der Waals surface area contributed by atoms with Crippen LogP contribution in [0.5, 0.6) is 0 Å². The molecule has 0 heterocycles. The molecule has 106 valence electrons. The van der Waals surface area contributed by atoms with Crippen molar-refractivity contribution in [3.05, 3.63) is 34.9 Å². The van der Waals surface area contributed by atoms with Crippen LogP contribution in [-0.2, 0) is 11.0 Å². The Morgan fingerprint density at radius 1 is 1.35 bits per heavy atom. The highest BCUT2D eigenvalue weighted by Gasteiger charge is 2.31. The number of rotatable bonds is 2. The number of hydrogen-bond acceptors (Lipinski definition) is 2. The summed E-state index contributed by atoms with van der Waals surface area (Å²) >= 11 is 0. The maximum atomic E-state index is 12.5. The molecule has 0 atom stereocenters. The SMILES string of the molecule is CC(=O)NCC#Cc1cc(C(F)(F)F)ccc1C(=O)O. The van der Waals surface area contributed by atoms with Crippen LogP contribution >= 0.6 is 0 Å². The van der Waals surface area contributed by atoms with Crippen molar-refractivity contribution in [3.63, 3.8) is 0 Å². The van der Waals surface area contributed by atoms with E-state index in [0.29, 0.717) is 12.1 Å². The number of carbonyl (C=O) groups excluding carboxylic acids is 1. The second-order valence-corrected chi connectivity index (χ2v) is 3.77. The van der Waals surface area contributed by atoms with Crippen LogP contribution < -0.4 is 5.32 Å². The smallest absolute Gasteiger partial charge is 0.416 e. The van der Waals surface area contributed by atoms with Crippen LogP contribution in [0.25, 0.3) is 0 Å². The fraction of sp³-hybridized carbons (Fsp3) is 0.231. The van der Waals surface area contributed by atoms with Gasteiger partial charge in [0, 0.05) is 12.5 Å². The minimum absolute atomic E-state index is 0.0787. The summed E-state index contributed by atoms with van der Waals surface area (Å²) in [7, 11) is 0. The third-order valence-corrected chi connectivity index (χ3v) is 2.23. The Morgan fingerprint density at radius 2 is 2.00 bits per heavy atom. The number of nitrogens with one attached hydrogen (secondary N) is 1. The summed E-state index contributed by atoms with van der Waals surface area (Å²) in [5, 5.41) is 11.2. The van der Waals surface area contributed by atoms with Gasteiger partial charge in [0.2, 0.25) is 5.91 Å². The first-order valence-electron chi connectivity index (χ1n) is 5.39. The zero-order chi connectivity index (χ0) is 15.3. The number of carboxylic acids is 1. The van der Waals surface area contributed by atoms with E-state index >= 15 is 0 Å². The first-order chi connectivity index (χ1) is 9.21. The van der Waals surface area contributed by atoms with E-state index in [2.05, 4.69) is 17.2 Å². The Hall–Kier alpha value is -2.49. The molecule has 1 amide bonds. The van der Waals surface area contributed by atoms with Crippen molar-refractivity contribution in [1.82, 2.24) is 5.32 Å². The van der Waals surface area contributed by atoms with Crippen molar-refractivity contribution in [2.24, 2.45) is 0 Å². The molecule has 1 aromatic carbocycles. The molecule has 0 radical (unpaired) electrons. The summed E-state index contributed by atoms with van der Waals surface area (Å²) in [6.07, 6.45) is -4.58. The van der Waals surface area contributed by atoms with Gasteiger partial charge in [-0.1, -0.05) is 11.8 Å². The number of carbonyl (C=O) groups is 2. The van der Waals surface area contributed by atoms with Gasteiger partial charge in [-0.2, -0.15) is 13.2 Å². The number of alkyl halides is 3. The van der Waals surface area contributed by atoms with Crippen LogP contribution in [0.15, 0.2) is 18.2 Å². The molecule has 0 unspecified atom stereocenters. The Morgan fingerprint density at radius 3 is 2.50 bits per heavy atom.